The lowest BCUT2D eigenvalue weighted by Gasteiger charge is -2.24. The van der Waals surface area contributed by atoms with Crippen LogP contribution < -0.4 is 15.4 Å². The van der Waals surface area contributed by atoms with E-state index in [1.54, 1.807) is 12.1 Å². The third-order valence-electron chi connectivity index (χ3n) is 4.10. The number of anilines is 1. The zero-order valence-electron chi connectivity index (χ0n) is 13.9. The first-order valence-electron chi connectivity index (χ1n) is 7.87. The second-order valence-electron chi connectivity index (χ2n) is 5.78. The lowest BCUT2D eigenvalue weighted by Crippen LogP contribution is -2.31. The number of amides is 2. The molecule has 0 saturated carbocycles. The van der Waals surface area contributed by atoms with E-state index < -0.39 is 23.5 Å². The molecule has 2 aromatic rings. The summed E-state index contributed by atoms with van der Waals surface area (Å²) in [7, 11) is 1.33. The van der Waals surface area contributed by atoms with E-state index in [1.165, 1.54) is 43.6 Å². The highest BCUT2D eigenvalue weighted by molar-refractivity contribution is 6.06. The van der Waals surface area contributed by atoms with Gasteiger partial charge in [-0.15, -0.1) is 0 Å². The van der Waals surface area contributed by atoms with Crippen LogP contribution in [0.1, 0.15) is 17.9 Å². The van der Waals surface area contributed by atoms with Crippen LogP contribution in [-0.2, 0) is 9.59 Å². The molecule has 0 spiro atoms. The fraction of sp³-hybridized carbons (Fsp3) is 0.158. The molecule has 1 aliphatic rings. The molecule has 0 aromatic heterocycles. The third-order valence-corrected chi connectivity index (χ3v) is 4.10. The van der Waals surface area contributed by atoms with Gasteiger partial charge in [-0.2, -0.15) is 0 Å². The van der Waals surface area contributed by atoms with Gasteiger partial charge in [-0.1, -0.05) is 12.1 Å². The Hall–Kier alpha value is -3.22. The minimum atomic E-state index is -0.543. The molecule has 1 unspecified atom stereocenters. The van der Waals surface area contributed by atoms with Crippen molar-refractivity contribution in [2.75, 3.05) is 12.4 Å². The SMILES string of the molecule is COc1cc(NC(=O)C2=CNC(=O)CC2c2ccc(F)cc2)ccc1F. The zero-order valence-corrected chi connectivity index (χ0v) is 13.9. The molecule has 2 N–H and O–H groups in total. The van der Waals surface area contributed by atoms with Crippen molar-refractivity contribution in [3.63, 3.8) is 0 Å². The molecule has 0 bridgehead atoms. The zero-order chi connectivity index (χ0) is 18.7. The van der Waals surface area contributed by atoms with Crippen LogP contribution in [0.4, 0.5) is 14.5 Å². The summed E-state index contributed by atoms with van der Waals surface area (Å²) in [5.74, 6) is -2.14. The molecule has 26 heavy (non-hydrogen) atoms. The summed E-state index contributed by atoms with van der Waals surface area (Å²) in [6.07, 6.45) is 1.41. The standard InChI is InChI=1S/C19H16F2N2O3/c1-26-17-8-13(6-7-16(17)21)23-19(25)15-10-22-18(24)9-14(15)11-2-4-12(20)5-3-11/h2-8,10,14H,9H2,1H3,(H,22,24)(H,23,25). The summed E-state index contributed by atoms with van der Waals surface area (Å²) >= 11 is 0. The summed E-state index contributed by atoms with van der Waals surface area (Å²) in [5.41, 5.74) is 1.32. The van der Waals surface area contributed by atoms with E-state index in [2.05, 4.69) is 10.6 Å². The van der Waals surface area contributed by atoms with E-state index >= 15 is 0 Å². The van der Waals surface area contributed by atoms with Crippen molar-refractivity contribution in [2.24, 2.45) is 0 Å². The van der Waals surface area contributed by atoms with Crippen molar-refractivity contribution >= 4 is 17.5 Å². The van der Waals surface area contributed by atoms with Gasteiger partial charge in [0, 0.05) is 35.9 Å². The quantitative estimate of drug-likeness (QED) is 0.883. The Labute approximate surface area is 148 Å². The molecule has 5 nitrogen and oxygen atoms in total. The summed E-state index contributed by atoms with van der Waals surface area (Å²) in [6.45, 7) is 0. The summed E-state index contributed by atoms with van der Waals surface area (Å²) in [4.78, 5) is 24.4. The highest BCUT2D eigenvalue weighted by atomic mass is 19.1. The highest BCUT2D eigenvalue weighted by Crippen LogP contribution is 2.31. The smallest absolute Gasteiger partial charge is 0.253 e. The molecule has 0 saturated heterocycles. The second-order valence-corrected chi connectivity index (χ2v) is 5.78. The monoisotopic (exact) mass is 358 g/mol. The number of carbonyl (C=O) groups excluding carboxylic acids is 2. The normalized spacial score (nSPS) is 16.5. The highest BCUT2D eigenvalue weighted by Gasteiger charge is 2.29. The van der Waals surface area contributed by atoms with Crippen molar-refractivity contribution in [3.8, 4) is 5.75 Å². The fourth-order valence-corrected chi connectivity index (χ4v) is 2.77. The Morgan fingerprint density at radius 1 is 1.19 bits per heavy atom. The number of hydrogen-bond acceptors (Lipinski definition) is 3. The van der Waals surface area contributed by atoms with Gasteiger partial charge >= 0.3 is 0 Å². The number of hydrogen-bond donors (Lipinski definition) is 2. The van der Waals surface area contributed by atoms with Crippen molar-refractivity contribution in [2.45, 2.75) is 12.3 Å². The van der Waals surface area contributed by atoms with Gasteiger partial charge in [-0.25, -0.2) is 8.78 Å². The first-order valence-corrected chi connectivity index (χ1v) is 7.87. The summed E-state index contributed by atoms with van der Waals surface area (Å²) in [5, 5.41) is 5.18. The number of halogens is 2. The Morgan fingerprint density at radius 2 is 1.92 bits per heavy atom. The topological polar surface area (TPSA) is 67.4 Å². The van der Waals surface area contributed by atoms with Crippen molar-refractivity contribution in [1.29, 1.82) is 0 Å². The summed E-state index contributed by atoms with van der Waals surface area (Å²) in [6, 6.07) is 9.60. The van der Waals surface area contributed by atoms with Crippen LogP contribution in [0.2, 0.25) is 0 Å². The van der Waals surface area contributed by atoms with Crippen LogP contribution in [0.15, 0.2) is 54.2 Å². The molecule has 3 rings (SSSR count). The predicted octanol–water partition coefficient (Wildman–Crippen LogP) is 3.10. The maximum Gasteiger partial charge on any atom is 0.253 e. The number of carbonyl (C=O) groups is 2. The number of nitrogens with one attached hydrogen (secondary N) is 2. The van der Waals surface area contributed by atoms with Crippen LogP contribution in [0.25, 0.3) is 0 Å². The maximum absolute atomic E-state index is 13.5. The van der Waals surface area contributed by atoms with Gasteiger partial charge in [0.15, 0.2) is 11.6 Å². The number of rotatable bonds is 4. The maximum atomic E-state index is 13.5. The molecule has 0 radical (unpaired) electrons. The minimum absolute atomic E-state index is 0.00353. The van der Waals surface area contributed by atoms with E-state index in [-0.39, 0.29) is 18.1 Å². The summed E-state index contributed by atoms with van der Waals surface area (Å²) < 4.78 is 31.6. The molecule has 1 atom stereocenters. The van der Waals surface area contributed by atoms with Gasteiger partial charge in [-0.3, -0.25) is 9.59 Å². The minimum Gasteiger partial charge on any atom is -0.494 e. The molecular weight excluding hydrogens is 342 g/mol. The van der Waals surface area contributed by atoms with E-state index in [1.807, 2.05) is 0 Å². The Morgan fingerprint density at radius 3 is 2.62 bits per heavy atom. The molecule has 0 aliphatic carbocycles. The van der Waals surface area contributed by atoms with Gasteiger partial charge < -0.3 is 15.4 Å². The van der Waals surface area contributed by atoms with Crippen LogP contribution in [0.3, 0.4) is 0 Å². The second kappa shape index (κ2) is 7.35. The Bertz CT molecular complexity index is 879. The Kier molecular flexibility index (Phi) is 4.97. The third kappa shape index (κ3) is 3.72. The van der Waals surface area contributed by atoms with Gasteiger partial charge in [0.2, 0.25) is 5.91 Å². The average molecular weight is 358 g/mol. The van der Waals surface area contributed by atoms with Gasteiger partial charge in [-0.05, 0) is 29.8 Å². The molecule has 2 amide bonds. The van der Waals surface area contributed by atoms with Crippen molar-refractivity contribution in [1.82, 2.24) is 5.32 Å². The number of ether oxygens (including phenoxy) is 1. The van der Waals surface area contributed by atoms with Crippen LogP contribution in [0, 0.1) is 11.6 Å². The largest absolute Gasteiger partial charge is 0.494 e. The Balaban J connectivity index is 1.86. The number of benzene rings is 2. The molecule has 1 heterocycles. The molecule has 0 fully saturated rings. The molecule has 2 aromatic carbocycles. The predicted molar refractivity (Wildman–Crippen MR) is 91.6 cm³/mol. The lowest BCUT2D eigenvalue weighted by atomic mass is 9.86. The molecule has 7 heteroatoms. The first kappa shape index (κ1) is 17.6. The van der Waals surface area contributed by atoms with Crippen molar-refractivity contribution in [3.05, 3.63) is 71.4 Å². The van der Waals surface area contributed by atoms with Crippen LogP contribution >= 0.6 is 0 Å². The molecular formula is C19H16F2N2O3. The van der Waals surface area contributed by atoms with Gasteiger partial charge in [0.1, 0.15) is 5.82 Å². The van der Waals surface area contributed by atoms with E-state index in [0.29, 0.717) is 16.8 Å². The van der Waals surface area contributed by atoms with Crippen molar-refractivity contribution < 1.29 is 23.1 Å². The fourth-order valence-electron chi connectivity index (χ4n) is 2.77. The van der Waals surface area contributed by atoms with Gasteiger partial charge in [0.25, 0.3) is 5.91 Å². The first-order chi connectivity index (χ1) is 12.5. The van der Waals surface area contributed by atoms with Crippen LogP contribution in [-0.4, -0.2) is 18.9 Å². The van der Waals surface area contributed by atoms with E-state index in [9.17, 15) is 18.4 Å². The van der Waals surface area contributed by atoms with E-state index in [0.717, 1.165) is 0 Å². The van der Waals surface area contributed by atoms with E-state index in [4.69, 9.17) is 4.74 Å². The van der Waals surface area contributed by atoms with Crippen LogP contribution in [0.5, 0.6) is 5.75 Å². The van der Waals surface area contributed by atoms with Gasteiger partial charge in [0.05, 0.1) is 7.11 Å². The number of methoxy groups -OCH3 is 1. The molecule has 1 aliphatic heterocycles. The molecule has 134 valence electrons. The lowest BCUT2D eigenvalue weighted by molar-refractivity contribution is -0.121. The average Bonchev–Trinajstić information content (AvgIpc) is 2.63.